The third-order valence-electron chi connectivity index (χ3n) is 9.32. The summed E-state index contributed by atoms with van der Waals surface area (Å²) in [6.07, 6.45) is 0. The predicted octanol–water partition coefficient (Wildman–Crippen LogP) is 9.83. The summed E-state index contributed by atoms with van der Waals surface area (Å²) in [7, 11) is -6.64. The van der Waals surface area contributed by atoms with E-state index < -0.39 is 19.7 Å². The maximum absolute atomic E-state index is 14.4. The summed E-state index contributed by atoms with van der Waals surface area (Å²) in [6.45, 7) is 15.5. The van der Waals surface area contributed by atoms with Crippen LogP contribution in [0.3, 0.4) is 0 Å². The zero-order valence-corrected chi connectivity index (χ0v) is 33.6. The molecule has 1 N–H and O–H groups in total. The summed E-state index contributed by atoms with van der Waals surface area (Å²) < 4.78 is 62.7. The molecule has 0 bridgehead atoms. The molecule has 2 heterocycles. The van der Waals surface area contributed by atoms with Crippen LogP contribution in [-0.4, -0.2) is 33.9 Å². The number of hydrogen-bond acceptors (Lipinski definition) is 9. The second-order valence-corrected chi connectivity index (χ2v) is 17.6. The smallest absolute Gasteiger partial charge is 0.210 e. The van der Waals surface area contributed by atoms with Crippen molar-refractivity contribution in [1.82, 2.24) is 9.97 Å². The van der Waals surface area contributed by atoms with Crippen LogP contribution in [0.4, 0.5) is 28.7 Å². The van der Waals surface area contributed by atoms with E-state index in [1.807, 2.05) is 72.7 Å². The summed E-state index contributed by atoms with van der Waals surface area (Å²) in [6, 6.07) is 27.3. The van der Waals surface area contributed by atoms with Gasteiger partial charge in [0.25, 0.3) is 0 Å². The van der Waals surface area contributed by atoms with Crippen molar-refractivity contribution in [2.75, 3.05) is 17.3 Å². The van der Waals surface area contributed by atoms with Gasteiger partial charge < -0.3 is 10.1 Å². The van der Waals surface area contributed by atoms with Crippen molar-refractivity contribution < 1.29 is 21.6 Å². The SMILES string of the molecule is COc1ccc(S(=O)(=O)c2ccc(C)nc2N(c2ccc(S(=O)(=O)c3ccc(C)nc3Nc3c(C)cc(C)cc3C)cc2)c2c(C)cc(C)cc2C)cc1. The van der Waals surface area contributed by atoms with E-state index in [2.05, 4.69) is 10.3 Å². The van der Waals surface area contributed by atoms with Crippen LogP contribution in [0.1, 0.15) is 44.8 Å². The number of hydrogen-bond donors (Lipinski definition) is 1. The number of aryl methyl sites for hydroxylation is 8. The topological polar surface area (TPSA) is 119 Å². The van der Waals surface area contributed by atoms with Crippen LogP contribution in [0.5, 0.6) is 5.75 Å². The van der Waals surface area contributed by atoms with Crippen LogP contribution >= 0.6 is 0 Å². The first-order valence-corrected chi connectivity index (χ1v) is 20.4. The minimum Gasteiger partial charge on any atom is -0.497 e. The van der Waals surface area contributed by atoms with Crippen LogP contribution in [-0.2, 0) is 19.7 Å². The molecule has 6 rings (SSSR count). The van der Waals surface area contributed by atoms with Crippen molar-refractivity contribution in [2.24, 2.45) is 0 Å². The van der Waals surface area contributed by atoms with E-state index in [9.17, 15) is 16.8 Å². The molecule has 0 unspecified atom stereocenters. The molecule has 0 amide bonds. The Balaban J connectivity index is 1.50. The number of pyridine rings is 2. The molecular weight excluding hydrogens is 717 g/mol. The molecule has 0 fully saturated rings. The number of methoxy groups -OCH3 is 1. The lowest BCUT2D eigenvalue weighted by Gasteiger charge is -2.30. The van der Waals surface area contributed by atoms with E-state index in [1.54, 1.807) is 60.4 Å². The lowest BCUT2D eigenvalue weighted by atomic mass is 10.0. The summed E-state index contributed by atoms with van der Waals surface area (Å²) in [5, 5.41) is 3.32. The highest BCUT2D eigenvalue weighted by molar-refractivity contribution is 7.92. The third-order valence-corrected chi connectivity index (χ3v) is 12.9. The van der Waals surface area contributed by atoms with Gasteiger partial charge in [-0.3, -0.25) is 4.90 Å². The molecule has 0 spiro atoms. The second-order valence-electron chi connectivity index (χ2n) is 13.7. The summed E-state index contributed by atoms with van der Waals surface area (Å²) in [5.74, 6) is 0.956. The second kappa shape index (κ2) is 14.7. The van der Waals surface area contributed by atoms with Crippen molar-refractivity contribution in [3.63, 3.8) is 0 Å². The molecule has 278 valence electrons. The van der Waals surface area contributed by atoms with Gasteiger partial charge in [-0.2, -0.15) is 0 Å². The van der Waals surface area contributed by atoms with Crippen LogP contribution < -0.4 is 15.0 Å². The Morgan fingerprint density at radius 2 is 1.02 bits per heavy atom. The van der Waals surface area contributed by atoms with Gasteiger partial charge in [0.15, 0.2) is 5.82 Å². The van der Waals surface area contributed by atoms with Gasteiger partial charge in [0.05, 0.1) is 22.6 Å². The van der Waals surface area contributed by atoms with Gasteiger partial charge >= 0.3 is 0 Å². The fourth-order valence-electron chi connectivity index (χ4n) is 6.91. The lowest BCUT2D eigenvalue weighted by Crippen LogP contribution is -2.19. The van der Waals surface area contributed by atoms with Crippen molar-refractivity contribution >= 4 is 48.4 Å². The molecule has 9 nitrogen and oxygen atoms in total. The Bertz CT molecular complexity index is 2580. The number of ether oxygens (including phenoxy) is 1. The number of rotatable bonds is 10. The maximum Gasteiger partial charge on any atom is 0.210 e. The van der Waals surface area contributed by atoms with Gasteiger partial charge in [0.1, 0.15) is 21.4 Å². The number of nitrogens with zero attached hydrogens (tertiary/aromatic N) is 3. The molecule has 2 aromatic heterocycles. The largest absolute Gasteiger partial charge is 0.497 e. The molecule has 4 aromatic carbocycles. The number of nitrogens with one attached hydrogen (secondary N) is 1. The van der Waals surface area contributed by atoms with Crippen molar-refractivity contribution in [3.05, 3.63) is 142 Å². The normalized spacial score (nSPS) is 11.7. The molecule has 0 aliphatic rings. The molecular formula is C43H44N4O5S2. The van der Waals surface area contributed by atoms with Gasteiger partial charge in [-0.05, 0) is 150 Å². The minimum atomic E-state index is -4.09. The fourth-order valence-corrected chi connectivity index (χ4v) is 9.63. The van der Waals surface area contributed by atoms with Gasteiger partial charge in [0, 0.05) is 22.8 Å². The lowest BCUT2D eigenvalue weighted by molar-refractivity contribution is 0.414. The number of aromatic nitrogens is 2. The van der Waals surface area contributed by atoms with Crippen molar-refractivity contribution in [1.29, 1.82) is 0 Å². The van der Waals surface area contributed by atoms with Crippen LogP contribution in [0.2, 0.25) is 0 Å². The average molecular weight is 761 g/mol. The highest BCUT2D eigenvalue weighted by Crippen LogP contribution is 2.43. The Labute approximate surface area is 318 Å². The van der Waals surface area contributed by atoms with E-state index in [4.69, 9.17) is 9.72 Å². The molecule has 0 atom stereocenters. The number of anilines is 5. The summed E-state index contributed by atoms with van der Waals surface area (Å²) in [4.78, 5) is 11.4. The Morgan fingerprint density at radius 3 is 1.56 bits per heavy atom. The first kappa shape index (κ1) is 38.2. The summed E-state index contributed by atoms with van der Waals surface area (Å²) >= 11 is 0. The van der Waals surface area contributed by atoms with E-state index in [-0.39, 0.29) is 31.2 Å². The van der Waals surface area contributed by atoms with E-state index in [1.165, 1.54) is 31.4 Å². The first-order chi connectivity index (χ1) is 25.5. The maximum atomic E-state index is 14.4. The molecule has 54 heavy (non-hydrogen) atoms. The monoisotopic (exact) mass is 760 g/mol. The fraction of sp³-hybridized carbons (Fsp3) is 0.209. The Hall–Kier alpha value is -5.52. The Kier molecular flexibility index (Phi) is 10.4. The van der Waals surface area contributed by atoms with Gasteiger partial charge in [-0.1, -0.05) is 35.4 Å². The first-order valence-electron chi connectivity index (χ1n) is 17.4. The van der Waals surface area contributed by atoms with Crippen molar-refractivity contribution in [2.45, 2.75) is 75.0 Å². The number of sulfone groups is 2. The zero-order chi connectivity index (χ0) is 39.1. The summed E-state index contributed by atoms with van der Waals surface area (Å²) in [5.41, 5.74) is 9.23. The molecule has 0 saturated carbocycles. The zero-order valence-electron chi connectivity index (χ0n) is 31.9. The van der Waals surface area contributed by atoms with E-state index >= 15 is 0 Å². The van der Waals surface area contributed by atoms with Gasteiger partial charge in [-0.25, -0.2) is 26.8 Å². The Morgan fingerprint density at radius 1 is 0.556 bits per heavy atom. The highest BCUT2D eigenvalue weighted by Gasteiger charge is 2.30. The van der Waals surface area contributed by atoms with Crippen molar-refractivity contribution in [3.8, 4) is 5.75 Å². The molecule has 0 radical (unpaired) electrons. The third kappa shape index (κ3) is 7.34. The average Bonchev–Trinajstić information content (AvgIpc) is 3.11. The van der Waals surface area contributed by atoms with Gasteiger partial charge in [0.2, 0.25) is 19.7 Å². The predicted molar refractivity (Wildman–Crippen MR) is 215 cm³/mol. The van der Waals surface area contributed by atoms with Crippen LogP contribution in [0.25, 0.3) is 0 Å². The standard InChI is InChI=1S/C43H44N4O5S2/c1-26-22-28(3)40(29(4)23-26)46-42-38(20-10-32(7)44-42)53(48,49)36-16-12-34(13-17-36)47(41-30(5)24-27(2)25-31(41)6)43-39(21-11-33(8)45-43)54(50,51)37-18-14-35(52-9)15-19-37/h10-25H,1-9H3,(H,44,46). The number of benzene rings is 4. The highest BCUT2D eigenvalue weighted by atomic mass is 32.2. The van der Waals surface area contributed by atoms with Crippen LogP contribution in [0, 0.1) is 55.4 Å². The van der Waals surface area contributed by atoms with E-state index in [0.717, 1.165) is 44.8 Å². The van der Waals surface area contributed by atoms with Crippen LogP contribution in [0.15, 0.2) is 117 Å². The van der Waals surface area contributed by atoms with Gasteiger partial charge in [-0.15, -0.1) is 0 Å². The molecule has 0 aliphatic heterocycles. The quantitative estimate of drug-likeness (QED) is 0.146. The molecule has 6 aromatic rings. The molecule has 0 aliphatic carbocycles. The van der Waals surface area contributed by atoms with E-state index in [0.29, 0.717) is 22.8 Å². The molecule has 0 saturated heterocycles. The minimum absolute atomic E-state index is 0.00233. The molecule has 11 heteroatoms.